The number of aliphatic carboxylic acids is 1. The summed E-state index contributed by atoms with van der Waals surface area (Å²) in [5, 5.41) is 9.95. The van der Waals surface area contributed by atoms with Gasteiger partial charge >= 0.3 is 5.97 Å². The zero-order chi connectivity index (χ0) is 15.2. The maximum atomic E-state index is 10.9. The van der Waals surface area contributed by atoms with Crippen LogP contribution in [0.3, 0.4) is 0 Å². The third-order valence-corrected chi connectivity index (χ3v) is 4.23. The van der Waals surface area contributed by atoms with E-state index in [0.29, 0.717) is 0 Å². The van der Waals surface area contributed by atoms with Crippen molar-refractivity contribution in [3.8, 4) is 5.75 Å². The van der Waals surface area contributed by atoms with Crippen molar-refractivity contribution in [2.45, 2.75) is 32.6 Å². The minimum atomic E-state index is -0.799. The molecule has 5 heteroatoms. The molecule has 1 aromatic heterocycles. The van der Waals surface area contributed by atoms with E-state index >= 15 is 0 Å². The van der Waals surface area contributed by atoms with Crippen molar-refractivity contribution >= 4 is 17.3 Å². The van der Waals surface area contributed by atoms with Crippen LogP contribution in [-0.2, 0) is 24.1 Å². The molecule has 0 unspecified atom stereocenters. The number of carboxylic acids is 1. The van der Waals surface area contributed by atoms with Gasteiger partial charge in [0, 0.05) is 11.3 Å². The van der Waals surface area contributed by atoms with Crippen molar-refractivity contribution < 1.29 is 14.6 Å². The SMILES string of the molecule is CCCc1nc(Cc2ccc(OC)cc2)sc1CC(=O)O. The van der Waals surface area contributed by atoms with Gasteiger partial charge in [0.2, 0.25) is 0 Å². The number of ether oxygens (including phenoxy) is 1. The smallest absolute Gasteiger partial charge is 0.308 e. The lowest BCUT2D eigenvalue weighted by Gasteiger charge is -2.01. The Morgan fingerprint density at radius 2 is 2.05 bits per heavy atom. The van der Waals surface area contributed by atoms with E-state index in [2.05, 4.69) is 11.9 Å². The lowest BCUT2D eigenvalue weighted by atomic mass is 10.1. The molecule has 0 fully saturated rings. The van der Waals surface area contributed by atoms with Gasteiger partial charge in [-0.1, -0.05) is 25.5 Å². The van der Waals surface area contributed by atoms with Gasteiger partial charge in [0.1, 0.15) is 5.75 Å². The molecule has 0 bridgehead atoms. The highest BCUT2D eigenvalue weighted by molar-refractivity contribution is 7.11. The Kier molecular flexibility index (Phi) is 5.33. The second-order valence-corrected chi connectivity index (χ2v) is 5.99. The predicted octanol–water partition coefficient (Wildman–Crippen LogP) is 3.32. The number of nitrogens with zero attached hydrogens (tertiary/aromatic N) is 1. The molecule has 0 atom stereocenters. The minimum Gasteiger partial charge on any atom is -0.497 e. The number of thiazole rings is 1. The molecule has 0 spiro atoms. The Hall–Kier alpha value is -1.88. The molecule has 0 saturated heterocycles. The molecule has 1 N–H and O–H groups in total. The van der Waals surface area contributed by atoms with Gasteiger partial charge < -0.3 is 9.84 Å². The second kappa shape index (κ2) is 7.22. The number of carboxylic acid groups (broad SMARTS) is 1. The zero-order valence-electron chi connectivity index (χ0n) is 12.3. The number of hydrogen-bond donors (Lipinski definition) is 1. The summed E-state index contributed by atoms with van der Waals surface area (Å²) in [4.78, 5) is 16.4. The number of rotatable bonds is 7. The number of benzene rings is 1. The number of methoxy groups -OCH3 is 1. The maximum absolute atomic E-state index is 10.9. The van der Waals surface area contributed by atoms with Gasteiger partial charge in [0.25, 0.3) is 0 Å². The van der Waals surface area contributed by atoms with Gasteiger partial charge in [-0.15, -0.1) is 11.3 Å². The molecule has 1 aromatic carbocycles. The molecule has 2 rings (SSSR count). The summed E-state index contributed by atoms with van der Waals surface area (Å²) in [5.74, 6) is 0.0307. The third kappa shape index (κ3) is 4.29. The van der Waals surface area contributed by atoms with Gasteiger partial charge in [0.15, 0.2) is 0 Å². The van der Waals surface area contributed by atoms with Crippen molar-refractivity contribution in [3.63, 3.8) is 0 Å². The van der Waals surface area contributed by atoms with Crippen LogP contribution in [-0.4, -0.2) is 23.2 Å². The van der Waals surface area contributed by atoms with Gasteiger partial charge in [0.05, 0.1) is 24.2 Å². The van der Waals surface area contributed by atoms with Gasteiger partial charge in [-0.3, -0.25) is 4.79 Å². The normalized spacial score (nSPS) is 10.6. The maximum Gasteiger partial charge on any atom is 0.308 e. The molecule has 0 aliphatic carbocycles. The molecule has 0 amide bonds. The Morgan fingerprint density at radius 1 is 1.33 bits per heavy atom. The second-order valence-electron chi connectivity index (χ2n) is 4.82. The van der Waals surface area contributed by atoms with E-state index in [0.717, 1.165) is 46.2 Å². The van der Waals surface area contributed by atoms with E-state index < -0.39 is 5.97 Å². The Labute approximate surface area is 128 Å². The van der Waals surface area contributed by atoms with Crippen molar-refractivity contribution in [1.82, 2.24) is 4.98 Å². The summed E-state index contributed by atoms with van der Waals surface area (Å²) in [5.41, 5.74) is 2.09. The van der Waals surface area contributed by atoms with Crippen molar-refractivity contribution in [2.75, 3.05) is 7.11 Å². The number of hydrogen-bond acceptors (Lipinski definition) is 4. The van der Waals surface area contributed by atoms with Crippen LogP contribution in [0.15, 0.2) is 24.3 Å². The average molecular weight is 305 g/mol. The summed E-state index contributed by atoms with van der Waals surface area (Å²) in [6.07, 6.45) is 2.60. The largest absolute Gasteiger partial charge is 0.497 e. The van der Waals surface area contributed by atoms with Crippen LogP contribution in [0.2, 0.25) is 0 Å². The Morgan fingerprint density at radius 3 is 2.62 bits per heavy atom. The first-order chi connectivity index (χ1) is 10.1. The van der Waals surface area contributed by atoms with Gasteiger partial charge in [-0.25, -0.2) is 4.98 Å². The van der Waals surface area contributed by atoms with Crippen LogP contribution >= 0.6 is 11.3 Å². The van der Waals surface area contributed by atoms with Crippen LogP contribution < -0.4 is 4.74 Å². The lowest BCUT2D eigenvalue weighted by Crippen LogP contribution is -2.01. The molecule has 2 aromatic rings. The molecule has 1 heterocycles. The Balaban J connectivity index is 2.16. The highest BCUT2D eigenvalue weighted by Gasteiger charge is 2.13. The highest BCUT2D eigenvalue weighted by atomic mass is 32.1. The van der Waals surface area contributed by atoms with E-state index in [1.165, 1.54) is 11.3 Å². The van der Waals surface area contributed by atoms with E-state index in [9.17, 15) is 4.79 Å². The molecule has 0 aliphatic heterocycles. The van der Waals surface area contributed by atoms with Crippen molar-refractivity contribution in [3.05, 3.63) is 45.4 Å². The summed E-state index contributed by atoms with van der Waals surface area (Å²) < 4.78 is 5.14. The molecule has 21 heavy (non-hydrogen) atoms. The molecule has 0 aliphatic rings. The van der Waals surface area contributed by atoms with E-state index in [-0.39, 0.29) is 6.42 Å². The molecule has 0 saturated carbocycles. The highest BCUT2D eigenvalue weighted by Crippen LogP contribution is 2.24. The molecule has 112 valence electrons. The Bertz CT molecular complexity index is 604. The lowest BCUT2D eigenvalue weighted by molar-refractivity contribution is -0.136. The topological polar surface area (TPSA) is 59.4 Å². The summed E-state index contributed by atoms with van der Waals surface area (Å²) in [6.45, 7) is 2.08. The molecular formula is C16H19NO3S. The van der Waals surface area contributed by atoms with Crippen LogP contribution in [0.4, 0.5) is 0 Å². The first-order valence-corrected chi connectivity index (χ1v) is 7.76. The first-order valence-electron chi connectivity index (χ1n) is 6.94. The van der Waals surface area contributed by atoms with Crippen LogP contribution in [0.1, 0.15) is 34.5 Å². The van der Waals surface area contributed by atoms with Crippen LogP contribution in [0.25, 0.3) is 0 Å². The predicted molar refractivity (Wildman–Crippen MR) is 83.2 cm³/mol. The summed E-state index contributed by atoms with van der Waals surface area (Å²) >= 11 is 1.51. The van der Waals surface area contributed by atoms with Crippen LogP contribution in [0, 0.1) is 0 Å². The standard InChI is InChI=1S/C16H19NO3S/c1-3-4-13-14(10-16(18)19)21-15(17-13)9-11-5-7-12(20-2)8-6-11/h5-8H,3-4,9-10H2,1-2H3,(H,18,19). The fraction of sp³-hybridized carbons (Fsp3) is 0.375. The number of aryl methyl sites for hydroxylation is 1. The monoisotopic (exact) mass is 305 g/mol. The molecule has 0 radical (unpaired) electrons. The quantitative estimate of drug-likeness (QED) is 0.852. The molecular weight excluding hydrogens is 286 g/mol. The van der Waals surface area contributed by atoms with Crippen molar-refractivity contribution in [2.24, 2.45) is 0 Å². The first kappa shape index (κ1) is 15.5. The zero-order valence-corrected chi connectivity index (χ0v) is 13.1. The van der Waals surface area contributed by atoms with Crippen LogP contribution in [0.5, 0.6) is 5.75 Å². The summed E-state index contributed by atoms with van der Waals surface area (Å²) in [7, 11) is 1.64. The third-order valence-electron chi connectivity index (χ3n) is 3.14. The average Bonchev–Trinajstić information content (AvgIpc) is 2.81. The fourth-order valence-electron chi connectivity index (χ4n) is 2.14. The molecule has 4 nitrogen and oxygen atoms in total. The fourth-order valence-corrected chi connectivity index (χ4v) is 3.28. The summed E-state index contributed by atoms with van der Waals surface area (Å²) in [6, 6.07) is 7.87. The number of aromatic nitrogens is 1. The van der Waals surface area contributed by atoms with Gasteiger partial charge in [-0.05, 0) is 24.1 Å². The van der Waals surface area contributed by atoms with E-state index in [4.69, 9.17) is 9.84 Å². The van der Waals surface area contributed by atoms with E-state index in [1.807, 2.05) is 24.3 Å². The van der Waals surface area contributed by atoms with Gasteiger partial charge in [-0.2, -0.15) is 0 Å². The van der Waals surface area contributed by atoms with Crippen molar-refractivity contribution in [1.29, 1.82) is 0 Å². The number of carbonyl (C=O) groups is 1. The van der Waals surface area contributed by atoms with E-state index in [1.54, 1.807) is 7.11 Å². The minimum absolute atomic E-state index is 0.0651.